The molecule has 7 heteroatoms. The Kier molecular flexibility index (Phi) is 4.68. The molecule has 4 nitrogen and oxygen atoms in total. The highest BCUT2D eigenvalue weighted by Crippen LogP contribution is 2.23. The normalized spacial score (nSPS) is 11.4. The minimum Gasteiger partial charge on any atom is -0.365 e. The van der Waals surface area contributed by atoms with Gasteiger partial charge in [0.25, 0.3) is 5.91 Å². The number of carbonyl (C=O) groups excluding carboxylic acids is 1. The largest absolute Gasteiger partial charge is 0.365 e. The number of anilines is 1. The molecule has 0 aliphatic heterocycles. The maximum Gasteiger partial charge on any atom is 0.262 e. The van der Waals surface area contributed by atoms with Gasteiger partial charge >= 0.3 is 0 Å². The van der Waals surface area contributed by atoms with Crippen molar-refractivity contribution >= 4 is 23.4 Å². The van der Waals surface area contributed by atoms with Gasteiger partial charge in [0.15, 0.2) is 0 Å². The second-order valence-electron chi connectivity index (χ2n) is 3.13. The summed E-state index contributed by atoms with van der Waals surface area (Å²) in [6, 6.07) is 4.54. The van der Waals surface area contributed by atoms with Crippen LogP contribution in [0, 0.1) is 23.0 Å². The maximum absolute atomic E-state index is 13.4. The Morgan fingerprint density at radius 2 is 2.17 bits per heavy atom. The van der Waals surface area contributed by atoms with Crippen LogP contribution in [0.15, 0.2) is 28.8 Å². The van der Waals surface area contributed by atoms with E-state index >= 15 is 0 Å². The lowest BCUT2D eigenvalue weighted by Gasteiger charge is -2.10. The molecule has 0 radical (unpaired) electrons. The van der Waals surface area contributed by atoms with Crippen molar-refractivity contribution in [2.24, 2.45) is 5.73 Å². The van der Waals surface area contributed by atoms with Gasteiger partial charge in [-0.3, -0.25) is 4.79 Å². The molecule has 18 heavy (non-hydrogen) atoms. The number of rotatable bonds is 4. The smallest absolute Gasteiger partial charge is 0.262 e. The highest BCUT2D eigenvalue weighted by molar-refractivity contribution is 8.02. The number of thioether (sulfide) groups is 1. The molecular formula is C11H9F2N3OS. The van der Waals surface area contributed by atoms with Crippen molar-refractivity contribution in [3.05, 3.63) is 40.4 Å². The third-order valence-electron chi connectivity index (χ3n) is 1.97. The summed E-state index contributed by atoms with van der Waals surface area (Å²) in [5.74, 6) is -2.47. The zero-order valence-corrected chi connectivity index (χ0v) is 10.1. The van der Waals surface area contributed by atoms with Gasteiger partial charge in [0.05, 0.1) is 10.7 Å². The zero-order valence-electron chi connectivity index (χ0n) is 9.33. The van der Waals surface area contributed by atoms with Crippen LogP contribution in [0.5, 0.6) is 0 Å². The summed E-state index contributed by atoms with van der Waals surface area (Å²) >= 11 is 1.02. The zero-order chi connectivity index (χ0) is 13.7. The van der Waals surface area contributed by atoms with Crippen LogP contribution < -0.4 is 11.1 Å². The predicted molar refractivity (Wildman–Crippen MR) is 65.3 cm³/mol. The monoisotopic (exact) mass is 269 g/mol. The van der Waals surface area contributed by atoms with E-state index in [1.54, 1.807) is 12.3 Å². The van der Waals surface area contributed by atoms with Crippen molar-refractivity contribution < 1.29 is 13.6 Å². The molecule has 1 aromatic rings. The summed E-state index contributed by atoms with van der Waals surface area (Å²) in [5.41, 5.74) is 4.65. The second kappa shape index (κ2) is 6.02. The van der Waals surface area contributed by atoms with Crippen LogP contribution in [-0.2, 0) is 4.79 Å². The van der Waals surface area contributed by atoms with Gasteiger partial charge in [-0.25, -0.2) is 8.78 Å². The van der Waals surface area contributed by atoms with Crippen LogP contribution in [0.25, 0.3) is 0 Å². The van der Waals surface area contributed by atoms with Crippen molar-refractivity contribution in [3.63, 3.8) is 0 Å². The minimum absolute atomic E-state index is 0.0465. The predicted octanol–water partition coefficient (Wildman–Crippen LogP) is 1.96. The molecule has 0 fully saturated rings. The number of benzene rings is 1. The molecule has 0 saturated heterocycles. The van der Waals surface area contributed by atoms with Crippen molar-refractivity contribution in [1.82, 2.24) is 0 Å². The summed E-state index contributed by atoms with van der Waals surface area (Å²) in [5, 5.41) is 11.4. The lowest BCUT2D eigenvalue weighted by molar-refractivity contribution is -0.114. The number of hydrogen-bond acceptors (Lipinski definition) is 4. The highest BCUT2D eigenvalue weighted by Gasteiger charge is 2.13. The number of hydrogen-bond donors (Lipinski definition) is 2. The van der Waals surface area contributed by atoms with E-state index in [0.29, 0.717) is 6.07 Å². The maximum atomic E-state index is 13.4. The molecule has 0 aliphatic rings. The Morgan fingerprint density at radius 3 is 2.61 bits per heavy atom. The topological polar surface area (TPSA) is 78.9 Å². The fraction of sp³-hybridized carbons (Fsp3) is 0.0909. The van der Waals surface area contributed by atoms with Crippen molar-refractivity contribution in [2.45, 2.75) is 0 Å². The lowest BCUT2D eigenvalue weighted by atomic mass is 10.2. The highest BCUT2D eigenvalue weighted by atomic mass is 32.2. The van der Waals surface area contributed by atoms with Gasteiger partial charge in [-0.05, 0) is 18.4 Å². The van der Waals surface area contributed by atoms with E-state index in [1.807, 2.05) is 0 Å². The van der Waals surface area contributed by atoms with E-state index in [-0.39, 0.29) is 16.3 Å². The Labute approximate surface area is 106 Å². The van der Waals surface area contributed by atoms with Gasteiger partial charge in [-0.15, -0.1) is 11.8 Å². The summed E-state index contributed by atoms with van der Waals surface area (Å²) in [7, 11) is 0. The van der Waals surface area contributed by atoms with Crippen LogP contribution >= 0.6 is 11.8 Å². The van der Waals surface area contributed by atoms with Crippen LogP contribution in [-0.4, -0.2) is 12.2 Å². The SMILES string of the molecule is CS/C(Nc1ccc(F)cc1F)=C(\C#N)C(N)=O. The first kappa shape index (κ1) is 14.0. The number of nitrogens with zero attached hydrogens (tertiary/aromatic N) is 1. The average Bonchev–Trinajstić information content (AvgIpc) is 2.31. The van der Waals surface area contributed by atoms with E-state index in [2.05, 4.69) is 5.32 Å². The molecule has 0 spiro atoms. The number of halogens is 2. The summed E-state index contributed by atoms with van der Waals surface area (Å²) < 4.78 is 26.1. The number of carbonyl (C=O) groups is 1. The molecular weight excluding hydrogens is 260 g/mol. The molecule has 1 amide bonds. The van der Waals surface area contributed by atoms with Crippen LogP contribution in [0.1, 0.15) is 0 Å². The van der Waals surface area contributed by atoms with Gasteiger partial charge in [0.2, 0.25) is 0 Å². The van der Waals surface area contributed by atoms with Gasteiger partial charge in [0.1, 0.15) is 23.3 Å². The summed E-state index contributed by atoms with van der Waals surface area (Å²) in [4.78, 5) is 11.0. The first-order valence-electron chi connectivity index (χ1n) is 4.69. The Balaban J connectivity index is 3.15. The number of nitriles is 1. The first-order valence-corrected chi connectivity index (χ1v) is 5.92. The van der Waals surface area contributed by atoms with E-state index in [4.69, 9.17) is 11.0 Å². The van der Waals surface area contributed by atoms with Crippen molar-refractivity contribution in [1.29, 1.82) is 5.26 Å². The van der Waals surface area contributed by atoms with Crippen molar-refractivity contribution in [3.8, 4) is 6.07 Å². The molecule has 0 saturated carbocycles. The van der Waals surface area contributed by atoms with Gasteiger partial charge < -0.3 is 11.1 Å². The molecule has 1 rings (SSSR count). The molecule has 1 aromatic carbocycles. The molecule has 3 N–H and O–H groups in total. The number of primary amides is 1. The van der Waals surface area contributed by atoms with Gasteiger partial charge in [-0.1, -0.05) is 0 Å². The molecule has 0 unspecified atom stereocenters. The fourth-order valence-electron chi connectivity index (χ4n) is 1.15. The van der Waals surface area contributed by atoms with E-state index in [9.17, 15) is 13.6 Å². The number of amides is 1. The van der Waals surface area contributed by atoms with Crippen molar-refractivity contribution in [2.75, 3.05) is 11.6 Å². The summed E-state index contributed by atoms with van der Waals surface area (Å²) in [6.07, 6.45) is 1.59. The molecule has 0 aromatic heterocycles. The van der Waals surface area contributed by atoms with Crippen LogP contribution in [0.2, 0.25) is 0 Å². The molecule has 0 bridgehead atoms. The van der Waals surface area contributed by atoms with Gasteiger partial charge in [0, 0.05) is 6.07 Å². The minimum atomic E-state index is -0.920. The molecule has 94 valence electrons. The summed E-state index contributed by atoms with van der Waals surface area (Å²) in [6.45, 7) is 0. The van der Waals surface area contributed by atoms with E-state index in [1.165, 1.54) is 0 Å². The average molecular weight is 269 g/mol. The second-order valence-corrected chi connectivity index (χ2v) is 3.95. The Bertz CT molecular complexity index is 552. The molecule has 0 atom stereocenters. The van der Waals surface area contributed by atoms with E-state index in [0.717, 1.165) is 23.9 Å². The third kappa shape index (κ3) is 3.21. The molecule has 0 heterocycles. The van der Waals surface area contributed by atoms with Crippen LogP contribution in [0.4, 0.5) is 14.5 Å². The van der Waals surface area contributed by atoms with E-state index < -0.39 is 17.5 Å². The fourth-order valence-corrected chi connectivity index (χ4v) is 1.71. The first-order chi connectivity index (χ1) is 8.49. The third-order valence-corrected chi connectivity index (χ3v) is 2.68. The number of nitrogens with one attached hydrogen (secondary N) is 1. The Hall–Kier alpha value is -2.07. The van der Waals surface area contributed by atoms with Crippen LogP contribution in [0.3, 0.4) is 0 Å². The van der Waals surface area contributed by atoms with Gasteiger partial charge in [-0.2, -0.15) is 5.26 Å². The quantitative estimate of drug-likeness (QED) is 0.647. The standard InChI is InChI=1S/C11H9F2N3OS/c1-18-11(7(5-14)10(15)17)16-9-3-2-6(12)4-8(9)13/h2-4,16H,1H3,(H2,15,17)/b11-7+. The number of nitrogens with two attached hydrogens (primary N) is 1. The lowest BCUT2D eigenvalue weighted by Crippen LogP contribution is -2.16. The Morgan fingerprint density at radius 1 is 1.50 bits per heavy atom. The molecule has 0 aliphatic carbocycles.